The van der Waals surface area contributed by atoms with Gasteiger partial charge in [0.05, 0.1) is 5.56 Å². The summed E-state index contributed by atoms with van der Waals surface area (Å²) in [7, 11) is 0. The van der Waals surface area contributed by atoms with E-state index in [9.17, 15) is 0 Å². The van der Waals surface area contributed by atoms with E-state index in [4.69, 9.17) is 0 Å². The van der Waals surface area contributed by atoms with E-state index in [0.29, 0.717) is 0 Å². The average molecular weight is 220 g/mol. The number of aryl methyl sites for hydroxylation is 1. The predicted octanol–water partition coefficient (Wildman–Crippen LogP) is 3.36. The lowest BCUT2D eigenvalue weighted by Gasteiger charge is -2.07. The second-order valence-electron chi connectivity index (χ2n) is 3.50. The van der Waals surface area contributed by atoms with E-state index < -0.39 is 0 Å². The molecular weight excluding hydrogens is 204 g/mol. The number of hydrogen-bond donors (Lipinski definition) is 0. The quantitative estimate of drug-likeness (QED) is 0.637. The molecule has 0 aliphatic rings. The fourth-order valence-corrected chi connectivity index (χ4v) is 1.70. The lowest BCUT2D eigenvalue weighted by molar-refractivity contribution is 1.13. The third-order valence-electron chi connectivity index (χ3n) is 2.43. The number of benzene rings is 1. The van der Waals surface area contributed by atoms with Gasteiger partial charge in [-0.15, -0.1) is 17.8 Å². The summed E-state index contributed by atoms with van der Waals surface area (Å²) in [5.74, 6) is 18.2. The molecule has 0 nitrogen and oxygen atoms in total. The molecule has 1 aromatic carbocycles. The summed E-state index contributed by atoms with van der Waals surface area (Å²) in [4.78, 5) is 0. The standard InChI is InChI=1S/C17H16/c1-5-9-15-13-12-14(8-4)16(10-6-2)17(15)11-7-3/h12-13H,8H2,1-4H3. The molecule has 84 valence electrons. The first-order valence-corrected chi connectivity index (χ1v) is 5.72. The van der Waals surface area contributed by atoms with Gasteiger partial charge in [-0.25, -0.2) is 0 Å². The van der Waals surface area contributed by atoms with Gasteiger partial charge in [-0.05, 0) is 38.8 Å². The van der Waals surface area contributed by atoms with Crippen molar-refractivity contribution < 1.29 is 0 Å². The Bertz CT molecular complexity index is 584. The largest absolute Gasteiger partial charge is 0.101 e. The van der Waals surface area contributed by atoms with Gasteiger partial charge in [0, 0.05) is 11.1 Å². The normalized spacial score (nSPS) is 8.00. The molecule has 1 rings (SSSR count). The van der Waals surface area contributed by atoms with Gasteiger partial charge >= 0.3 is 0 Å². The molecule has 0 fully saturated rings. The van der Waals surface area contributed by atoms with Crippen LogP contribution >= 0.6 is 0 Å². The molecule has 0 N–H and O–H groups in total. The summed E-state index contributed by atoms with van der Waals surface area (Å²) in [6.07, 6.45) is 0.961. The van der Waals surface area contributed by atoms with E-state index in [0.717, 1.165) is 23.1 Å². The number of hydrogen-bond acceptors (Lipinski definition) is 0. The Balaban J connectivity index is 3.64. The summed E-state index contributed by atoms with van der Waals surface area (Å²) in [6.45, 7) is 7.65. The van der Waals surface area contributed by atoms with Gasteiger partial charge in [0.2, 0.25) is 0 Å². The van der Waals surface area contributed by atoms with Gasteiger partial charge in [-0.1, -0.05) is 30.8 Å². The summed E-state index contributed by atoms with van der Waals surface area (Å²) >= 11 is 0. The molecule has 0 aliphatic carbocycles. The van der Waals surface area contributed by atoms with Gasteiger partial charge in [-0.3, -0.25) is 0 Å². The van der Waals surface area contributed by atoms with Gasteiger partial charge in [0.15, 0.2) is 0 Å². The highest BCUT2D eigenvalue weighted by Crippen LogP contribution is 2.18. The Kier molecular flexibility index (Phi) is 4.94. The Hall–Kier alpha value is -2.10. The van der Waals surface area contributed by atoms with E-state index in [2.05, 4.69) is 48.5 Å². The average Bonchev–Trinajstić information content (AvgIpc) is 2.34. The molecule has 0 radical (unpaired) electrons. The molecule has 0 amide bonds. The van der Waals surface area contributed by atoms with Gasteiger partial charge in [0.1, 0.15) is 0 Å². The third-order valence-corrected chi connectivity index (χ3v) is 2.43. The minimum Gasteiger partial charge on any atom is -0.101 e. The molecule has 0 aromatic heterocycles. The molecule has 0 saturated heterocycles. The second kappa shape index (κ2) is 6.48. The Morgan fingerprint density at radius 3 is 1.94 bits per heavy atom. The maximum Gasteiger partial charge on any atom is 0.0561 e. The molecular formula is C17H16. The topological polar surface area (TPSA) is 0 Å². The summed E-state index contributed by atoms with van der Waals surface area (Å²) in [6, 6.07) is 4.13. The predicted molar refractivity (Wildman–Crippen MR) is 73.5 cm³/mol. The Morgan fingerprint density at radius 1 is 0.824 bits per heavy atom. The van der Waals surface area contributed by atoms with Gasteiger partial charge < -0.3 is 0 Å². The summed E-state index contributed by atoms with van der Waals surface area (Å²) < 4.78 is 0. The Labute approximate surface area is 104 Å². The SMILES string of the molecule is CC#Cc1ccc(CC)c(C#CC)c1C#CC. The summed E-state index contributed by atoms with van der Waals surface area (Å²) in [5, 5.41) is 0. The van der Waals surface area contributed by atoms with Crippen LogP contribution in [-0.4, -0.2) is 0 Å². The molecule has 0 unspecified atom stereocenters. The molecule has 1 aromatic rings. The molecule has 0 heterocycles. The molecule has 0 heteroatoms. The monoisotopic (exact) mass is 220 g/mol. The fourth-order valence-electron chi connectivity index (χ4n) is 1.70. The Morgan fingerprint density at radius 2 is 1.41 bits per heavy atom. The van der Waals surface area contributed by atoms with E-state index in [1.54, 1.807) is 0 Å². The van der Waals surface area contributed by atoms with Crippen LogP contribution in [-0.2, 0) is 6.42 Å². The maximum absolute atomic E-state index is 3.16. The fraction of sp³-hybridized carbons (Fsp3) is 0.294. The minimum atomic E-state index is 0.961. The molecule has 0 spiro atoms. The zero-order valence-corrected chi connectivity index (χ0v) is 10.9. The van der Waals surface area contributed by atoms with Crippen LogP contribution in [0.5, 0.6) is 0 Å². The smallest absolute Gasteiger partial charge is 0.0561 e. The van der Waals surface area contributed by atoms with Crippen molar-refractivity contribution in [1.29, 1.82) is 0 Å². The summed E-state index contributed by atoms with van der Waals surface area (Å²) in [5.41, 5.74) is 4.20. The van der Waals surface area contributed by atoms with Crippen LogP contribution in [0.4, 0.5) is 0 Å². The number of rotatable bonds is 1. The first-order chi connectivity index (χ1) is 8.28. The van der Waals surface area contributed by atoms with Crippen molar-refractivity contribution in [1.82, 2.24) is 0 Å². The van der Waals surface area contributed by atoms with E-state index >= 15 is 0 Å². The van der Waals surface area contributed by atoms with Crippen molar-refractivity contribution in [3.05, 3.63) is 34.4 Å². The molecule has 17 heavy (non-hydrogen) atoms. The van der Waals surface area contributed by atoms with Crippen LogP contribution in [0.25, 0.3) is 0 Å². The van der Waals surface area contributed by atoms with Crippen molar-refractivity contribution in [2.45, 2.75) is 34.1 Å². The lowest BCUT2D eigenvalue weighted by Crippen LogP contribution is -1.96. The minimum absolute atomic E-state index is 0.961. The van der Waals surface area contributed by atoms with Crippen LogP contribution in [0.3, 0.4) is 0 Å². The molecule has 0 aliphatic heterocycles. The molecule has 0 bridgehead atoms. The highest BCUT2D eigenvalue weighted by atomic mass is 14.1. The van der Waals surface area contributed by atoms with Crippen molar-refractivity contribution in [3.63, 3.8) is 0 Å². The molecule has 0 saturated carbocycles. The first kappa shape index (κ1) is 13.0. The second-order valence-corrected chi connectivity index (χ2v) is 3.50. The van der Waals surface area contributed by atoms with Crippen molar-refractivity contribution in [3.8, 4) is 35.5 Å². The third kappa shape index (κ3) is 2.93. The highest BCUT2D eigenvalue weighted by Gasteiger charge is 2.07. The van der Waals surface area contributed by atoms with Gasteiger partial charge in [-0.2, -0.15) is 0 Å². The van der Waals surface area contributed by atoms with Gasteiger partial charge in [0.25, 0.3) is 0 Å². The van der Waals surface area contributed by atoms with Crippen LogP contribution in [0.2, 0.25) is 0 Å². The van der Waals surface area contributed by atoms with E-state index in [-0.39, 0.29) is 0 Å². The van der Waals surface area contributed by atoms with Crippen LogP contribution < -0.4 is 0 Å². The van der Waals surface area contributed by atoms with Crippen LogP contribution in [0.1, 0.15) is 49.9 Å². The highest BCUT2D eigenvalue weighted by molar-refractivity contribution is 5.62. The zero-order chi connectivity index (χ0) is 12.7. The lowest BCUT2D eigenvalue weighted by atomic mass is 9.95. The maximum atomic E-state index is 3.16. The molecule has 0 atom stereocenters. The van der Waals surface area contributed by atoms with E-state index in [1.165, 1.54) is 5.56 Å². The van der Waals surface area contributed by atoms with Crippen molar-refractivity contribution >= 4 is 0 Å². The van der Waals surface area contributed by atoms with Crippen molar-refractivity contribution in [2.24, 2.45) is 0 Å². The van der Waals surface area contributed by atoms with Crippen LogP contribution in [0, 0.1) is 35.5 Å². The van der Waals surface area contributed by atoms with Crippen molar-refractivity contribution in [2.75, 3.05) is 0 Å². The van der Waals surface area contributed by atoms with E-state index in [1.807, 2.05) is 26.8 Å². The van der Waals surface area contributed by atoms with Crippen LogP contribution in [0.15, 0.2) is 12.1 Å². The first-order valence-electron chi connectivity index (χ1n) is 5.72. The zero-order valence-electron chi connectivity index (χ0n) is 10.9.